The van der Waals surface area contributed by atoms with Crippen molar-refractivity contribution >= 4 is 27.6 Å². The SMILES string of the molecule is CCC(C)NS(=O)(=O)c1cc(NC(=O)c2ccc(OC)c(C(F)(F)F)c2)ccc1Oc1c(C)c(C(=O)O)nn1C(C)C. The number of carboxylic acids is 1. The predicted octanol–water partition coefficient (Wildman–Crippen LogP) is 5.62. The van der Waals surface area contributed by atoms with E-state index in [0.29, 0.717) is 12.5 Å². The molecular formula is C27H31F3N4O7S. The molecule has 3 rings (SSSR count). The number of ether oxygens (including phenoxy) is 2. The summed E-state index contributed by atoms with van der Waals surface area (Å²) in [6, 6.07) is 5.57. The Morgan fingerprint density at radius 3 is 2.29 bits per heavy atom. The maximum absolute atomic E-state index is 13.5. The van der Waals surface area contributed by atoms with Crippen LogP contribution in [0.3, 0.4) is 0 Å². The second-order valence-electron chi connectivity index (χ2n) is 9.68. The van der Waals surface area contributed by atoms with Crippen LogP contribution in [0.5, 0.6) is 17.4 Å². The molecule has 2 aromatic carbocycles. The zero-order valence-electron chi connectivity index (χ0n) is 23.7. The molecule has 1 unspecified atom stereocenters. The number of methoxy groups -OCH3 is 1. The predicted molar refractivity (Wildman–Crippen MR) is 147 cm³/mol. The molecule has 0 saturated heterocycles. The molecule has 15 heteroatoms. The molecule has 42 heavy (non-hydrogen) atoms. The van der Waals surface area contributed by atoms with Crippen molar-refractivity contribution in [2.75, 3.05) is 12.4 Å². The Morgan fingerprint density at radius 1 is 1.10 bits per heavy atom. The Bertz CT molecular complexity index is 1600. The fourth-order valence-corrected chi connectivity index (χ4v) is 5.33. The molecule has 0 aliphatic carbocycles. The van der Waals surface area contributed by atoms with E-state index in [1.54, 1.807) is 27.7 Å². The number of aromatic carboxylic acids is 1. The van der Waals surface area contributed by atoms with Crippen LogP contribution in [0.25, 0.3) is 0 Å². The molecule has 0 radical (unpaired) electrons. The van der Waals surface area contributed by atoms with Gasteiger partial charge in [0.2, 0.25) is 15.9 Å². The lowest BCUT2D eigenvalue weighted by Gasteiger charge is -2.18. The summed E-state index contributed by atoms with van der Waals surface area (Å²) in [5.74, 6) is -2.90. The fourth-order valence-electron chi connectivity index (χ4n) is 3.85. The molecule has 1 aromatic heterocycles. The zero-order valence-corrected chi connectivity index (χ0v) is 24.5. The molecule has 0 bridgehead atoms. The van der Waals surface area contributed by atoms with Gasteiger partial charge in [0.1, 0.15) is 16.4 Å². The monoisotopic (exact) mass is 612 g/mol. The van der Waals surface area contributed by atoms with Crippen LogP contribution in [0.2, 0.25) is 0 Å². The first-order chi connectivity index (χ1) is 19.5. The average Bonchev–Trinajstić information content (AvgIpc) is 3.24. The highest BCUT2D eigenvalue weighted by atomic mass is 32.2. The lowest BCUT2D eigenvalue weighted by molar-refractivity contribution is -0.138. The van der Waals surface area contributed by atoms with Gasteiger partial charge in [-0.2, -0.15) is 18.3 Å². The van der Waals surface area contributed by atoms with E-state index in [2.05, 4.69) is 15.1 Å². The number of aromatic nitrogens is 2. The van der Waals surface area contributed by atoms with Crippen LogP contribution in [-0.4, -0.2) is 48.3 Å². The number of carboxylic acid groups (broad SMARTS) is 1. The number of sulfonamides is 1. The maximum Gasteiger partial charge on any atom is 0.419 e. The standard InChI is InChI=1S/C27H31F3N4O7S/c1-7-15(4)33-42(38,39)22-13-18(31-24(35)17-8-10-20(40-6)19(12-17)27(28,29)30)9-11-21(22)41-25-16(5)23(26(36)37)32-34(25)14(2)3/h8-15,33H,7H2,1-6H3,(H,31,35)(H,36,37). The summed E-state index contributed by atoms with van der Waals surface area (Å²) in [7, 11) is -3.20. The van der Waals surface area contributed by atoms with E-state index in [0.717, 1.165) is 25.3 Å². The molecule has 0 aliphatic rings. The van der Waals surface area contributed by atoms with Gasteiger partial charge in [-0.3, -0.25) is 4.79 Å². The Hall–Kier alpha value is -4.11. The van der Waals surface area contributed by atoms with E-state index in [1.807, 2.05) is 0 Å². The lowest BCUT2D eigenvalue weighted by atomic mass is 10.1. The molecule has 11 nitrogen and oxygen atoms in total. The topological polar surface area (TPSA) is 149 Å². The number of alkyl halides is 3. The number of nitrogens with zero attached hydrogens (tertiary/aromatic N) is 2. The minimum atomic E-state index is -4.79. The molecule has 228 valence electrons. The van der Waals surface area contributed by atoms with Crippen LogP contribution >= 0.6 is 0 Å². The zero-order chi connectivity index (χ0) is 31.6. The van der Waals surface area contributed by atoms with E-state index in [1.165, 1.54) is 23.7 Å². The van der Waals surface area contributed by atoms with Crippen LogP contribution < -0.4 is 19.5 Å². The van der Waals surface area contributed by atoms with E-state index >= 15 is 0 Å². The van der Waals surface area contributed by atoms with Gasteiger partial charge in [-0.1, -0.05) is 6.92 Å². The minimum absolute atomic E-state index is 0.00270. The Labute approximate surface area is 240 Å². The normalized spacial score (nSPS) is 12.7. The number of carbonyl (C=O) groups excluding carboxylic acids is 1. The molecule has 0 fully saturated rings. The van der Waals surface area contributed by atoms with Gasteiger partial charge in [0.05, 0.1) is 18.7 Å². The summed E-state index contributed by atoms with van der Waals surface area (Å²) in [6.45, 7) is 8.34. The van der Waals surface area contributed by atoms with Gasteiger partial charge >= 0.3 is 12.1 Å². The van der Waals surface area contributed by atoms with Gasteiger partial charge in [0, 0.05) is 22.9 Å². The Kier molecular flexibility index (Phi) is 9.57. The van der Waals surface area contributed by atoms with Crippen LogP contribution in [0.4, 0.5) is 18.9 Å². The third-order valence-electron chi connectivity index (χ3n) is 6.22. The highest BCUT2D eigenvalue weighted by molar-refractivity contribution is 7.89. The van der Waals surface area contributed by atoms with Crippen LogP contribution in [0.15, 0.2) is 41.3 Å². The number of hydrogen-bond donors (Lipinski definition) is 3. The van der Waals surface area contributed by atoms with Crippen molar-refractivity contribution in [3.8, 4) is 17.4 Å². The van der Waals surface area contributed by atoms with Crippen LogP contribution in [-0.2, 0) is 16.2 Å². The van der Waals surface area contributed by atoms with Crippen molar-refractivity contribution in [1.29, 1.82) is 0 Å². The Balaban J connectivity index is 2.09. The highest BCUT2D eigenvalue weighted by Crippen LogP contribution is 2.38. The van der Waals surface area contributed by atoms with E-state index in [-0.39, 0.29) is 40.2 Å². The largest absolute Gasteiger partial charge is 0.496 e. The summed E-state index contributed by atoms with van der Waals surface area (Å²) >= 11 is 0. The number of benzene rings is 2. The summed E-state index contributed by atoms with van der Waals surface area (Å²) < 4.78 is 81.7. The second-order valence-corrected chi connectivity index (χ2v) is 11.4. The molecule has 3 N–H and O–H groups in total. The van der Waals surface area contributed by atoms with Crippen molar-refractivity contribution in [3.05, 3.63) is 58.8 Å². The van der Waals surface area contributed by atoms with Gasteiger partial charge in [0.25, 0.3) is 5.91 Å². The van der Waals surface area contributed by atoms with Gasteiger partial charge in [-0.25, -0.2) is 22.6 Å². The van der Waals surface area contributed by atoms with Gasteiger partial charge in [-0.05, 0) is 70.5 Å². The minimum Gasteiger partial charge on any atom is -0.496 e. The average molecular weight is 613 g/mol. The van der Waals surface area contributed by atoms with Gasteiger partial charge in [0.15, 0.2) is 5.69 Å². The third-order valence-corrected chi connectivity index (χ3v) is 7.83. The lowest BCUT2D eigenvalue weighted by Crippen LogP contribution is -2.32. The third kappa shape index (κ3) is 7.02. The number of anilines is 1. The second kappa shape index (κ2) is 12.4. The molecule has 1 amide bonds. The van der Waals surface area contributed by atoms with Crippen molar-refractivity contribution in [2.24, 2.45) is 0 Å². The fraction of sp³-hybridized carbons (Fsp3) is 0.370. The number of hydrogen-bond acceptors (Lipinski definition) is 7. The first kappa shape index (κ1) is 32.4. The molecule has 1 atom stereocenters. The van der Waals surface area contributed by atoms with Crippen molar-refractivity contribution in [1.82, 2.24) is 14.5 Å². The van der Waals surface area contributed by atoms with E-state index in [4.69, 9.17) is 9.47 Å². The number of rotatable bonds is 11. The molecule has 0 aliphatic heterocycles. The number of halogens is 3. The maximum atomic E-state index is 13.5. The summed E-state index contributed by atoms with van der Waals surface area (Å²) in [5, 5.41) is 16.0. The smallest absolute Gasteiger partial charge is 0.419 e. The molecular weight excluding hydrogens is 581 g/mol. The number of amides is 1. The summed E-state index contributed by atoms with van der Waals surface area (Å²) in [6.07, 6.45) is -4.34. The Morgan fingerprint density at radius 2 is 1.74 bits per heavy atom. The van der Waals surface area contributed by atoms with E-state index in [9.17, 15) is 36.3 Å². The molecule has 0 spiro atoms. The van der Waals surface area contributed by atoms with E-state index < -0.39 is 50.3 Å². The quantitative estimate of drug-likeness (QED) is 0.253. The molecule has 0 saturated carbocycles. The summed E-state index contributed by atoms with van der Waals surface area (Å²) in [4.78, 5) is 24.2. The van der Waals surface area contributed by atoms with Crippen LogP contribution in [0.1, 0.15) is 72.1 Å². The van der Waals surface area contributed by atoms with Crippen LogP contribution in [0, 0.1) is 6.92 Å². The first-order valence-corrected chi connectivity index (χ1v) is 14.2. The summed E-state index contributed by atoms with van der Waals surface area (Å²) in [5.41, 5.74) is -1.67. The number of carbonyl (C=O) groups is 2. The van der Waals surface area contributed by atoms with Gasteiger partial charge < -0.3 is 19.9 Å². The number of nitrogens with one attached hydrogen (secondary N) is 2. The van der Waals surface area contributed by atoms with Gasteiger partial charge in [-0.15, -0.1) is 0 Å². The van der Waals surface area contributed by atoms with Crippen molar-refractivity contribution in [2.45, 2.75) is 64.2 Å². The van der Waals surface area contributed by atoms with Crippen molar-refractivity contribution in [3.63, 3.8) is 0 Å². The molecule has 1 heterocycles. The van der Waals surface area contributed by atoms with Crippen molar-refractivity contribution < 1.29 is 45.8 Å². The molecule has 3 aromatic rings. The highest BCUT2D eigenvalue weighted by Gasteiger charge is 2.35. The first-order valence-electron chi connectivity index (χ1n) is 12.7.